The van der Waals surface area contributed by atoms with Crippen molar-refractivity contribution in [2.24, 2.45) is 0 Å². The van der Waals surface area contributed by atoms with E-state index in [2.05, 4.69) is 26.0 Å². The van der Waals surface area contributed by atoms with E-state index in [0.29, 0.717) is 21.4 Å². The molecule has 8 nitrogen and oxygen atoms in total. The van der Waals surface area contributed by atoms with Gasteiger partial charge in [0.25, 0.3) is 5.95 Å². The van der Waals surface area contributed by atoms with Gasteiger partial charge in [0.1, 0.15) is 0 Å². The number of urea groups is 1. The molecule has 0 saturated carbocycles. The van der Waals surface area contributed by atoms with Gasteiger partial charge in [-0.25, -0.2) is 9.31 Å². The molecule has 0 aliphatic carbocycles. The maximum absolute atomic E-state index is 12.2. The molecule has 0 unspecified atom stereocenters. The normalized spacial score (nSPS) is 10.7. The smallest absolute Gasteiger partial charge is 0.326 e. The van der Waals surface area contributed by atoms with Crippen LogP contribution < -0.4 is 16.0 Å². The summed E-state index contributed by atoms with van der Waals surface area (Å²) in [7, 11) is 0. The van der Waals surface area contributed by atoms with Gasteiger partial charge in [-0.3, -0.25) is 10.1 Å². The van der Waals surface area contributed by atoms with Crippen molar-refractivity contribution in [1.29, 1.82) is 0 Å². The lowest BCUT2D eigenvalue weighted by Gasteiger charge is -2.05. The fourth-order valence-electron chi connectivity index (χ4n) is 2.69. The number of hydrogen-bond acceptors (Lipinski definition) is 5. The molecule has 0 spiro atoms. The first-order chi connectivity index (χ1) is 14.0. The van der Waals surface area contributed by atoms with Gasteiger partial charge in [-0.05, 0) is 30.3 Å². The third kappa shape index (κ3) is 4.36. The lowest BCUT2D eigenvalue weighted by molar-refractivity contribution is -0.114. The summed E-state index contributed by atoms with van der Waals surface area (Å²) < 4.78 is 1.66. The second-order valence-electron chi connectivity index (χ2n) is 6.10. The Labute approximate surface area is 174 Å². The van der Waals surface area contributed by atoms with Gasteiger partial charge in [-0.2, -0.15) is 4.98 Å². The first-order valence-electron chi connectivity index (χ1n) is 8.54. The summed E-state index contributed by atoms with van der Waals surface area (Å²) in [5.41, 5.74) is 3.02. The zero-order valence-corrected chi connectivity index (χ0v) is 16.7. The first kappa shape index (κ1) is 18.9. The van der Waals surface area contributed by atoms with Crippen LogP contribution in [0.25, 0.3) is 16.2 Å². The van der Waals surface area contributed by atoms with Crippen LogP contribution in [0.2, 0.25) is 5.02 Å². The Morgan fingerprint density at radius 2 is 1.83 bits per heavy atom. The molecule has 3 N–H and O–H groups in total. The van der Waals surface area contributed by atoms with Crippen molar-refractivity contribution >= 4 is 57.2 Å². The van der Waals surface area contributed by atoms with Gasteiger partial charge in [0.2, 0.25) is 10.9 Å². The molecule has 3 amide bonds. The van der Waals surface area contributed by atoms with Gasteiger partial charge in [0, 0.05) is 34.3 Å². The quantitative estimate of drug-likeness (QED) is 0.439. The van der Waals surface area contributed by atoms with E-state index in [1.165, 1.54) is 18.3 Å². The highest BCUT2D eigenvalue weighted by Crippen LogP contribution is 2.27. The van der Waals surface area contributed by atoms with Crippen LogP contribution in [0, 0.1) is 0 Å². The molecule has 2 aromatic carbocycles. The van der Waals surface area contributed by atoms with Crippen molar-refractivity contribution in [3.63, 3.8) is 0 Å². The molecule has 0 fully saturated rings. The fourth-order valence-corrected chi connectivity index (χ4v) is 3.71. The number of rotatable bonds is 4. The molecule has 146 valence electrons. The Hall–Kier alpha value is -3.43. The topological polar surface area (TPSA) is 100 Å². The van der Waals surface area contributed by atoms with Crippen LogP contribution in [-0.4, -0.2) is 26.5 Å². The van der Waals surface area contributed by atoms with Crippen molar-refractivity contribution in [2.75, 3.05) is 16.0 Å². The summed E-state index contributed by atoms with van der Waals surface area (Å²) in [5, 5.41) is 14.9. The zero-order valence-electron chi connectivity index (χ0n) is 15.1. The number of carbonyl (C=O) groups is 2. The number of carbonyl (C=O) groups excluding carboxylic acids is 2. The van der Waals surface area contributed by atoms with Crippen molar-refractivity contribution in [1.82, 2.24) is 14.6 Å². The summed E-state index contributed by atoms with van der Waals surface area (Å²) in [6.07, 6.45) is 0. The second-order valence-corrected chi connectivity index (χ2v) is 7.37. The minimum absolute atomic E-state index is 0.126. The van der Waals surface area contributed by atoms with Gasteiger partial charge >= 0.3 is 6.03 Å². The monoisotopic (exact) mass is 426 g/mol. The molecular formula is C19H15ClN6O2S. The van der Waals surface area contributed by atoms with Gasteiger partial charge in [-0.1, -0.05) is 29.8 Å². The van der Waals surface area contributed by atoms with Crippen molar-refractivity contribution in [3.8, 4) is 11.3 Å². The van der Waals surface area contributed by atoms with Crippen molar-refractivity contribution in [2.45, 2.75) is 6.92 Å². The predicted octanol–water partition coefficient (Wildman–Crippen LogP) is 4.71. The van der Waals surface area contributed by atoms with Crippen molar-refractivity contribution in [3.05, 3.63) is 58.9 Å². The van der Waals surface area contributed by atoms with E-state index in [9.17, 15) is 9.59 Å². The molecule has 0 saturated heterocycles. The van der Waals surface area contributed by atoms with Crippen LogP contribution in [0.15, 0.2) is 53.9 Å². The Kier molecular flexibility index (Phi) is 5.15. The third-order valence-corrected chi connectivity index (χ3v) is 4.94. The number of amides is 3. The van der Waals surface area contributed by atoms with E-state index in [1.807, 2.05) is 29.6 Å². The molecular weight excluding hydrogens is 412 g/mol. The Balaban J connectivity index is 1.51. The molecule has 10 heteroatoms. The molecule has 0 atom stereocenters. The lowest BCUT2D eigenvalue weighted by Crippen LogP contribution is -2.20. The fraction of sp³-hybridized carbons (Fsp3) is 0.0526. The number of benzene rings is 2. The van der Waals surface area contributed by atoms with E-state index < -0.39 is 6.03 Å². The van der Waals surface area contributed by atoms with Crippen LogP contribution in [0.5, 0.6) is 0 Å². The molecule has 0 aliphatic heterocycles. The molecule has 0 aliphatic rings. The highest BCUT2D eigenvalue weighted by molar-refractivity contribution is 7.15. The minimum Gasteiger partial charge on any atom is -0.326 e. The average molecular weight is 427 g/mol. The number of thiazole rings is 1. The van der Waals surface area contributed by atoms with Gasteiger partial charge < -0.3 is 10.6 Å². The second kappa shape index (κ2) is 7.90. The summed E-state index contributed by atoms with van der Waals surface area (Å²) in [6, 6.07) is 13.8. The maximum atomic E-state index is 12.2. The standard InChI is InChI=1S/C19H15ClN6O2S/c1-11(27)21-14-7-5-12(6-8-14)16-10-29-19-24-17(25-26(16)19)23-18(28)22-15-4-2-3-13(20)9-15/h2-10H,1H3,(H,21,27)(H2,22,23,25,28). The number of aromatic nitrogens is 3. The number of nitrogens with zero attached hydrogens (tertiary/aromatic N) is 3. The maximum Gasteiger partial charge on any atom is 0.326 e. The molecule has 2 aromatic heterocycles. The molecule has 0 radical (unpaired) electrons. The number of hydrogen-bond donors (Lipinski definition) is 3. The number of nitrogens with one attached hydrogen (secondary N) is 3. The van der Waals surface area contributed by atoms with Crippen LogP contribution in [-0.2, 0) is 4.79 Å². The van der Waals surface area contributed by atoms with Gasteiger partial charge in [0.15, 0.2) is 0 Å². The molecule has 29 heavy (non-hydrogen) atoms. The van der Waals surface area contributed by atoms with E-state index in [4.69, 9.17) is 11.6 Å². The SMILES string of the molecule is CC(=O)Nc1ccc(-c2csc3nc(NC(=O)Nc4cccc(Cl)c4)nn23)cc1. The van der Waals surface area contributed by atoms with Crippen LogP contribution in [0.3, 0.4) is 0 Å². The lowest BCUT2D eigenvalue weighted by atomic mass is 10.1. The molecule has 4 aromatic rings. The number of fused-ring (bicyclic) bond motifs is 1. The third-order valence-electron chi connectivity index (χ3n) is 3.89. The molecule has 2 heterocycles. The van der Waals surface area contributed by atoms with Crippen molar-refractivity contribution < 1.29 is 9.59 Å². The summed E-state index contributed by atoms with van der Waals surface area (Å²) in [6.45, 7) is 1.46. The zero-order chi connectivity index (χ0) is 20.4. The number of halogens is 1. The largest absolute Gasteiger partial charge is 0.326 e. The summed E-state index contributed by atoms with van der Waals surface area (Å²) in [5.74, 6) is 0.0613. The Morgan fingerprint density at radius 1 is 1.03 bits per heavy atom. The Morgan fingerprint density at radius 3 is 2.55 bits per heavy atom. The molecule has 0 bridgehead atoms. The van der Waals surface area contributed by atoms with E-state index in [-0.39, 0.29) is 11.9 Å². The Bertz CT molecular complexity index is 1200. The highest BCUT2D eigenvalue weighted by atomic mass is 35.5. The van der Waals surface area contributed by atoms with Gasteiger partial charge in [-0.15, -0.1) is 16.4 Å². The van der Waals surface area contributed by atoms with Crippen LogP contribution >= 0.6 is 22.9 Å². The van der Waals surface area contributed by atoms with Gasteiger partial charge in [0.05, 0.1) is 5.69 Å². The van der Waals surface area contributed by atoms with Crippen LogP contribution in [0.1, 0.15) is 6.92 Å². The van der Waals surface area contributed by atoms with Crippen LogP contribution in [0.4, 0.5) is 22.1 Å². The highest BCUT2D eigenvalue weighted by Gasteiger charge is 2.13. The average Bonchev–Trinajstić information content (AvgIpc) is 3.22. The van der Waals surface area contributed by atoms with E-state index in [1.54, 1.807) is 28.8 Å². The summed E-state index contributed by atoms with van der Waals surface area (Å²) >= 11 is 7.33. The number of anilines is 3. The molecule has 4 rings (SSSR count). The predicted molar refractivity (Wildman–Crippen MR) is 115 cm³/mol. The van der Waals surface area contributed by atoms with E-state index in [0.717, 1.165) is 11.3 Å². The summed E-state index contributed by atoms with van der Waals surface area (Å²) in [4.78, 5) is 28.3. The van der Waals surface area contributed by atoms with E-state index >= 15 is 0 Å². The minimum atomic E-state index is -0.466. The first-order valence-corrected chi connectivity index (χ1v) is 9.79.